The van der Waals surface area contributed by atoms with Crippen LogP contribution in [0.15, 0.2) is 36.5 Å². The minimum Gasteiger partial charge on any atom is -0.383 e. The molecule has 5 rings (SSSR count). The number of nitrogen functional groups attached to an aromatic ring is 1. The fourth-order valence-corrected chi connectivity index (χ4v) is 5.24. The number of carbonyl (C=O) groups is 1. The highest BCUT2D eigenvalue weighted by atomic mass is 32.3. The van der Waals surface area contributed by atoms with Crippen LogP contribution in [0.3, 0.4) is 0 Å². The molecule has 0 saturated carbocycles. The minimum atomic E-state index is -2.90. The Morgan fingerprint density at radius 1 is 1.26 bits per heavy atom. The van der Waals surface area contributed by atoms with Crippen molar-refractivity contribution in [1.29, 1.82) is 0 Å². The highest BCUT2D eigenvalue weighted by molar-refractivity contribution is 8.25. The molecule has 31 heavy (non-hydrogen) atoms. The number of likely N-dealkylation sites (tertiary alicyclic amines) is 1. The molecule has 3 aromatic rings. The standard InChI is InChI=1S/C20H19F2N5O3S/c21-20(22)5-6-27(10-20)19(28)16-4-2-13-17(25-16)14(8-24-18(13)23)11-1-3-15-12(7-11)9-31(29,30)26-15/h1-4,7-8,26,29-30H,5-6,9-10H2,(H2,23,24). The number of anilines is 2. The highest BCUT2D eigenvalue weighted by Gasteiger charge is 2.40. The van der Waals surface area contributed by atoms with Gasteiger partial charge in [0.2, 0.25) is 0 Å². The van der Waals surface area contributed by atoms with E-state index < -0.39 is 29.2 Å². The Hall–Kier alpha value is -3.02. The number of hydrogen-bond donors (Lipinski definition) is 4. The van der Waals surface area contributed by atoms with Crippen LogP contribution in [0.25, 0.3) is 22.0 Å². The van der Waals surface area contributed by atoms with E-state index in [4.69, 9.17) is 5.73 Å². The molecule has 162 valence electrons. The number of pyridine rings is 2. The van der Waals surface area contributed by atoms with Gasteiger partial charge in [0.15, 0.2) is 0 Å². The minimum absolute atomic E-state index is 0.0267. The summed E-state index contributed by atoms with van der Waals surface area (Å²) in [5.74, 6) is -3.14. The number of fused-ring (bicyclic) bond motifs is 2. The zero-order valence-corrected chi connectivity index (χ0v) is 17.0. The van der Waals surface area contributed by atoms with E-state index >= 15 is 0 Å². The molecule has 1 aromatic carbocycles. The van der Waals surface area contributed by atoms with Crippen LogP contribution in [0.4, 0.5) is 20.3 Å². The summed E-state index contributed by atoms with van der Waals surface area (Å²) in [6.45, 7) is -0.651. The topological polar surface area (TPSA) is 125 Å². The lowest BCUT2D eigenvalue weighted by Crippen LogP contribution is -2.31. The van der Waals surface area contributed by atoms with E-state index in [1.165, 1.54) is 12.3 Å². The van der Waals surface area contributed by atoms with Crippen LogP contribution in [-0.2, 0) is 5.75 Å². The number of halogens is 2. The van der Waals surface area contributed by atoms with Gasteiger partial charge in [0.25, 0.3) is 11.8 Å². The second-order valence-electron chi connectivity index (χ2n) is 7.77. The van der Waals surface area contributed by atoms with Crippen molar-refractivity contribution in [2.45, 2.75) is 18.1 Å². The average molecular weight is 447 g/mol. The molecule has 4 heterocycles. The first-order valence-electron chi connectivity index (χ1n) is 9.51. The summed E-state index contributed by atoms with van der Waals surface area (Å²) < 4.78 is 49.6. The lowest BCUT2D eigenvalue weighted by Gasteiger charge is -2.26. The molecule has 11 heteroatoms. The molecule has 1 saturated heterocycles. The van der Waals surface area contributed by atoms with Crippen molar-refractivity contribution in [3.8, 4) is 11.1 Å². The summed E-state index contributed by atoms with van der Waals surface area (Å²) in [6.07, 6.45) is 1.17. The Morgan fingerprint density at radius 2 is 2.06 bits per heavy atom. The van der Waals surface area contributed by atoms with Gasteiger partial charge in [-0.25, -0.2) is 18.7 Å². The maximum Gasteiger partial charge on any atom is 0.272 e. The van der Waals surface area contributed by atoms with E-state index in [-0.39, 0.29) is 30.2 Å². The molecule has 0 bridgehead atoms. The third-order valence-electron chi connectivity index (χ3n) is 5.48. The van der Waals surface area contributed by atoms with Gasteiger partial charge in [-0.15, -0.1) is 10.8 Å². The van der Waals surface area contributed by atoms with Crippen molar-refractivity contribution in [1.82, 2.24) is 14.9 Å². The summed E-state index contributed by atoms with van der Waals surface area (Å²) in [7, 11) is -2.90. The Kier molecular flexibility index (Phi) is 4.33. The van der Waals surface area contributed by atoms with Gasteiger partial charge in [0.1, 0.15) is 11.5 Å². The van der Waals surface area contributed by atoms with Crippen molar-refractivity contribution in [2.75, 3.05) is 23.5 Å². The van der Waals surface area contributed by atoms with Gasteiger partial charge in [-0.05, 0) is 35.4 Å². The Labute approximate surface area is 177 Å². The third-order valence-corrected chi connectivity index (χ3v) is 6.74. The van der Waals surface area contributed by atoms with Crippen LogP contribution in [0.1, 0.15) is 22.5 Å². The van der Waals surface area contributed by atoms with Crippen molar-refractivity contribution in [2.24, 2.45) is 0 Å². The maximum absolute atomic E-state index is 13.5. The lowest BCUT2D eigenvalue weighted by atomic mass is 10.0. The van der Waals surface area contributed by atoms with Gasteiger partial charge in [-0.2, -0.15) is 0 Å². The first-order valence-corrected chi connectivity index (χ1v) is 11.2. The van der Waals surface area contributed by atoms with Crippen LogP contribution in [0.5, 0.6) is 0 Å². The van der Waals surface area contributed by atoms with E-state index in [1.807, 2.05) is 0 Å². The number of hydrogen-bond acceptors (Lipinski definition) is 7. The number of nitrogens with zero attached hydrogens (tertiary/aromatic N) is 3. The Morgan fingerprint density at radius 3 is 2.81 bits per heavy atom. The smallest absolute Gasteiger partial charge is 0.272 e. The van der Waals surface area contributed by atoms with E-state index in [1.54, 1.807) is 24.3 Å². The van der Waals surface area contributed by atoms with E-state index in [0.29, 0.717) is 27.7 Å². The number of carbonyl (C=O) groups excluding carboxylic acids is 1. The van der Waals surface area contributed by atoms with E-state index in [0.717, 1.165) is 10.5 Å². The number of nitrogens with two attached hydrogens (primary N) is 1. The lowest BCUT2D eigenvalue weighted by molar-refractivity contribution is 0.0119. The third kappa shape index (κ3) is 3.54. The second-order valence-corrected chi connectivity index (χ2v) is 9.59. The number of benzene rings is 1. The van der Waals surface area contributed by atoms with Crippen molar-refractivity contribution >= 4 is 39.1 Å². The molecule has 5 N–H and O–H groups in total. The second kappa shape index (κ2) is 6.74. The maximum atomic E-state index is 13.5. The van der Waals surface area contributed by atoms with Gasteiger partial charge in [-0.1, -0.05) is 6.07 Å². The molecule has 2 aliphatic heterocycles. The Bertz CT molecular complexity index is 1240. The summed E-state index contributed by atoms with van der Waals surface area (Å²) in [6, 6.07) is 8.38. The fourth-order valence-electron chi connectivity index (χ4n) is 3.95. The number of nitrogens with one attached hydrogen (secondary N) is 1. The van der Waals surface area contributed by atoms with Crippen molar-refractivity contribution < 1.29 is 22.7 Å². The van der Waals surface area contributed by atoms with Gasteiger partial charge in [-0.3, -0.25) is 18.6 Å². The fraction of sp³-hybridized carbons (Fsp3) is 0.250. The first kappa shape index (κ1) is 19.9. The summed E-state index contributed by atoms with van der Waals surface area (Å²) in [5.41, 5.74) is 9.13. The predicted molar refractivity (Wildman–Crippen MR) is 115 cm³/mol. The molecule has 0 radical (unpaired) electrons. The molecule has 2 aliphatic rings. The van der Waals surface area contributed by atoms with Crippen LogP contribution in [0.2, 0.25) is 0 Å². The van der Waals surface area contributed by atoms with Gasteiger partial charge in [0.05, 0.1) is 23.5 Å². The monoisotopic (exact) mass is 447 g/mol. The van der Waals surface area contributed by atoms with Gasteiger partial charge in [0, 0.05) is 30.1 Å². The number of alkyl halides is 2. The van der Waals surface area contributed by atoms with Crippen LogP contribution >= 0.6 is 10.8 Å². The molecular formula is C20H19F2N5O3S. The Balaban J connectivity index is 1.58. The number of amides is 1. The van der Waals surface area contributed by atoms with Gasteiger partial charge >= 0.3 is 0 Å². The number of aromatic nitrogens is 2. The van der Waals surface area contributed by atoms with Crippen LogP contribution < -0.4 is 10.5 Å². The van der Waals surface area contributed by atoms with Crippen molar-refractivity contribution in [3.63, 3.8) is 0 Å². The molecule has 0 unspecified atom stereocenters. The molecule has 0 aliphatic carbocycles. The summed E-state index contributed by atoms with van der Waals surface area (Å²) in [4.78, 5) is 22.5. The summed E-state index contributed by atoms with van der Waals surface area (Å²) >= 11 is 0. The van der Waals surface area contributed by atoms with Crippen LogP contribution in [-0.4, -0.2) is 48.9 Å². The molecule has 1 amide bonds. The largest absolute Gasteiger partial charge is 0.383 e. The van der Waals surface area contributed by atoms with Crippen LogP contribution in [0, 0.1) is 0 Å². The summed E-state index contributed by atoms with van der Waals surface area (Å²) in [5, 5.41) is 0.531. The van der Waals surface area contributed by atoms with E-state index in [9.17, 15) is 22.7 Å². The van der Waals surface area contributed by atoms with Crippen molar-refractivity contribution in [3.05, 3.63) is 47.8 Å². The molecule has 1 fully saturated rings. The average Bonchev–Trinajstić information content (AvgIpc) is 3.23. The quantitative estimate of drug-likeness (QED) is 0.469. The normalized spacial score (nSPS) is 19.8. The molecule has 0 atom stereocenters. The predicted octanol–water partition coefficient (Wildman–Crippen LogP) is 3.95. The number of rotatable bonds is 2. The van der Waals surface area contributed by atoms with E-state index in [2.05, 4.69) is 14.7 Å². The van der Waals surface area contributed by atoms with Gasteiger partial charge < -0.3 is 10.6 Å². The molecule has 2 aromatic heterocycles. The molecular weight excluding hydrogens is 428 g/mol. The molecule has 0 spiro atoms. The zero-order chi connectivity index (χ0) is 22.0. The first-order chi connectivity index (χ1) is 14.6. The highest BCUT2D eigenvalue weighted by Crippen LogP contribution is 2.51. The SMILES string of the molecule is Nc1ncc(-c2ccc3c(c2)CS(O)(O)N3)c2nc(C(=O)N3CCC(F)(F)C3)ccc12. The zero-order valence-electron chi connectivity index (χ0n) is 16.2. The molecule has 8 nitrogen and oxygen atoms in total.